The summed E-state index contributed by atoms with van der Waals surface area (Å²) in [4.78, 5) is 11.7. The second-order valence-electron chi connectivity index (χ2n) is 3.85. The quantitative estimate of drug-likeness (QED) is 0.622. The number of benzene rings is 1. The van der Waals surface area contributed by atoms with Gasteiger partial charge in [0.2, 0.25) is 11.0 Å². The molecule has 1 N–H and O–H groups in total. The van der Waals surface area contributed by atoms with E-state index in [1.807, 2.05) is 6.26 Å². The maximum Gasteiger partial charge on any atom is 0.236 e. The van der Waals surface area contributed by atoms with E-state index >= 15 is 0 Å². The Labute approximate surface area is 138 Å². The van der Waals surface area contributed by atoms with E-state index in [1.165, 1.54) is 40.9 Å². The fourth-order valence-corrected chi connectivity index (χ4v) is 3.55. The zero-order chi connectivity index (χ0) is 15.2. The van der Waals surface area contributed by atoms with Gasteiger partial charge in [-0.15, -0.1) is 22.0 Å². The van der Waals surface area contributed by atoms with Crippen molar-refractivity contribution in [3.63, 3.8) is 0 Å². The lowest BCUT2D eigenvalue weighted by Crippen LogP contribution is -2.14. The molecule has 21 heavy (non-hydrogen) atoms. The van der Waals surface area contributed by atoms with Gasteiger partial charge in [-0.25, -0.2) is 4.39 Å². The van der Waals surface area contributed by atoms with Gasteiger partial charge in [-0.2, -0.15) is 0 Å². The van der Waals surface area contributed by atoms with Crippen LogP contribution in [0, 0.1) is 5.82 Å². The van der Waals surface area contributed by atoms with Crippen LogP contribution in [0.3, 0.4) is 0 Å². The highest BCUT2D eigenvalue weighted by Gasteiger charge is 2.09. The maximum absolute atomic E-state index is 13.5. The predicted molar refractivity (Wildman–Crippen MR) is 87.9 cm³/mol. The third-order valence-electron chi connectivity index (χ3n) is 2.33. The van der Waals surface area contributed by atoms with E-state index in [0.29, 0.717) is 21.5 Å². The number of anilines is 1. The highest BCUT2D eigenvalue weighted by atomic mass is 35.5. The lowest BCUT2D eigenvalue weighted by Gasteiger charge is -2.04. The van der Waals surface area contributed by atoms with Crippen LogP contribution in [-0.2, 0) is 10.5 Å². The molecule has 1 amide bonds. The molecule has 0 radical (unpaired) electrons. The molecule has 1 aromatic heterocycles. The van der Waals surface area contributed by atoms with E-state index in [2.05, 4.69) is 15.5 Å². The molecule has 2 aromatic rings. The minimum atomic E-state index is -0.357. The number of halogens is 2. The molecule has 9 heteroatoms. The zero-order valence-corrected chi connectivity index (χ0v) is 14.1. The van der Waals surface area contributed by atoms with Crippen LogP contribution in [0.5, 0.6) is 0 Å². The van der Waals surface area contributed by atoms with Crippen molar-refractivity contribution in [1.82, 2.24) is 10.2 Å². The standard InChI is InChI=1S/C12H11ClFN3OS3/c1-19-12-17-16-11(21-12)15-10(18)6-20-5-7-2-3-8(13)4-9(7)14/h2-4H,5-6H2,1H3,(H,15,16,18). The van der Waals surface area contributed by atoms with Gasteiger partial charge in [0.05, 0.1) is 5.75 Å². The van der Waals surface area contributed by atoms with Crippen LogP contribution in [0.1, 0.15) is 5.56 Å². The number of nitrogens with zero attached hydrogens (tertiary/aromatic N) is 2. The van der Waals surface area contributed by atoms with Gasteiger partial charge in [-0.05, 0) is 24.0 Å². The van der Waals surface area contributed by atoms with Gasteiger partial charge in [-0.1, -0.05) is 40.8 Å². The Hall–Kier alpha value is -0.830. The normalized spacial score (nSPS) is 10.6. The summed E-state index contributed by atoms with van der Waals surface area (Å²) < 4.78 is 14.3. The summed E-state index contributed by atoms with van der Waals surface area (Å²) in [6.45, 7) is 0. The van der Waals surface area contributed by atoms with E-state index in [-0.39, 0.29) is 17.5 Å². The van der Waals surface area contributed by atoms with Crippen LogP contribution >= 0.6 is 46.5 Å². The van der Waals surface area contributed by atoms with Crippen molar-refractivity contribution in [2.24, 2.45) is 0 Å². The first-order valence-corrected chi connectivity index (χ1v) is 9.35. The van der Waals surface area contributed by atoms with Crippen LogP contribution < -0.4 is 5.32 Å². The van der Waals surface area contributed by atoms with Crippen LogP contribution in [0.15, 0.2) is 22.5 Å². The molecule has 0 aliphatic heterocycles. The number of nitrogens with one attached hydrogen (secondary N) is 1. The van der Waals surface area contributed by atoms with Gasteiger partial charge in [0.25, 0.3) is 0 Å². The van der Waals surface area contributed by atoms with Crippen LogP contribution in [-0.4, -0.2) is 28.1 Å². The summed E-state index contributed by atoms with van der Waals surface area (Å²) in [6.07, 6.45) is 1.89. The molecule has 0 bridgehead atoms. The molecular formula is C12H11ClFN3OS3. The number of hydrogen-bond donors (Lipinski definition) is 1. The third-order valence-corrected chi connectivity index (χ3v) is 5.36. The molecule has 2 rings (SSSR count). The molecule has 0 spiro atoms. The molecule has 112 valence electrons. The van der Waals surface area contributed by atoms with Crippen molar-refractivity contribution < 1.29 is 9.18 Å². The van der Waals surface area contributed by atoms with Crippen molar-refractivity contribution >= 4 is 57.5 Å². The zero-order valence-electron chi connectivity index (χ0n) is 10.9. The molecule has 0 unspecified atom stereocenters. The Morgan fingerprint density at radius 2 is 2.29 bits per heavy atom. The highest BCUT2D eigenvalue weighted by molar-refractivity contribution is 8.00. The number of amides is 1. The molecular weight excluding hydrogens is 353 g/mol. The predicted octanol–water partition coefficient (Wildman–Crippen LogP) is 3.92. The molecule has 1 heterocycles. The van der Waals surface area contributed by atoms with E-state index < -0.39 is 0 Å². The van der Waals surface area contributed by atoms with Crippen LogP contribution in [0.4, 0.5) is 9.52 Å². The lowest BCUT2D eigenvalue weighted by molar-refractivity contribution is -0.113. The van der Waals surface area contributed by atoms with Crippen molar-refractivity contribution in [1.29, 1.82) is 0 Å². The molecule has 4 nitrogen and oxygen atoms in total. The second kappa shape index (κ2) is 7.98. The fourth-order valence-electron chi connectivity index (χ4n) is 1.39. The summed E-state index contributed by atoms with van der Waals surface area (Å²) in [6, 6.07) is 4.52. The summed E-state index contributed by atoms with van der Waals surface area (Å²) in [5.41, 5.74) is 0.526. The monoisotopic (exact) mass is 363 g/mol. The van der Waals surface area contributed by atoms with Crippen molar-refractivity contribution in [3.8, 4) is 0 Å². The Bertz CT molecular complexity index is 638. The maximum atomic E-state index is 13.5. The summed E-state index contributed by atoms with van der Waals surface area (Å²) in [5.74, 6) is 0.0843. The smallest absolute Gasteiger partial charge is 0.236 e. The fraction of sp³-hybridized carbons (Fsp3) is 0.250. The summed E-state index contributed by atoms with van der Waals surface area (Å²) in [7, 11) is 0. The molecule has 0 aliphatic rings. The van der Waals surface area contributed by atoms with Crippen molar-refractivity contribution in [2.45, 2.75) is 10.1 Å². The molecule has 0 saturated carbocycles. The number of carbonyl (C=O) groups excluding carboxylic acids is 1. The summed E-state index contributed by atoms with van der Waals surface area (Å²) >= 11 is 9.79. The molecule has 0 aliphatic carbocycles. The van der Waals surface area contributed by atoms with E-state index in [0.717, 1.165) is 4.34 Å². The molecule has 0 fully saturated rings. The number of rotatable bonds is 6. The molecule has 0 atom stereocenters. The topological polar surface area (TPSA) is 54.9 Å². The number of hydrogen-bond acceptors (Lipinski definition) is 6. The Kier molecular flexibility index (Phi) is 6.28. The average Bonchev–Trinajstić information content (AvgIpc) is 2.89. The highest BCUT2D eigenvalue weighted by Crippen LogP contribution is 2.23. The Morgan fingerprint density at radius 3 is 2.95 bits per heavy atom. The first kappa shape index (κ1) is 16.5. The van der Waals surface area contributed by atoms with Crippen LogP contribution in [0.25, 0.3) is 0 Å². The van der Waals surface area contributed by atoms with E-state index in [1.54, 1.807) is 12.1 Å². The number of thioether (sulfide) groups is 2. The lowest BCUT2D eigenvalue weighted by atomic mass is 10.2. The first-order chi connectivity index (χ1) is 10.1. The summed E-state index contributed by atoms with van der Waals surface area (Å²) in [5, 5.41) is 11.2. The minimum absolute atomic E-state index is 0.182. The van der Waals surface area contributed by atoms with E-state index in [4.69, 9.17) is 11.6 Å². The van der Waals surface area contributed by atoms with Crippen molar-refractivity contribution in [2.75, 3.05) is 17.3 Å². The van der Waals surface area contributed by atoms with Gasteiger partial charge in [0, 0.05) is 10.8 Å². The Morgan fingerprint density at radius 1 is 1.48 bits per heavy atom. The molecule has 1 aromatic carbocycles. The van der Waals surface area contributed by atoms with Crippen LogP contribution in [0.2, 0.25) is 5.02 Å². The number of aromatic nitrogens is 2. The van der Waals surface area contributed by atoms with Gasteiger partial charge < -0.3 is 0 Å². The SMILES string of the molecule is CSc1nnc(NC(=O)CSCc2ccc(Cl)cc2F)s1. The first-order valence-electron chi connectivity index (χ1n) is 5.77. The molecule has 0 saturated heterocycles. The van der Waals surface area contributed by atoms with Gasteiger partial charge in [0.1, 0.15) is 5.82 Å². The second-order valence-corrected chi connectivity index (χ2v) is 7.31. The van der Waals surface area contributed by atoms with Gasteiger partial charge in [0.15, 0.2) is 4.34 Å². The van der Waals surface area contributed by atoms with E-state index in [9.17, 15) is 9.18 Å². The average molecular weight is 364 g/mol. The van der Waals surface area contributed by atoms with Gasteiger partial charge >= 0.3 is 0 Å². The van der Waals surface area contributed by atoms with Gasteiger partial charge in [-0.3, -0.25) is 10.1 Å². The minimum Gasteiger partial charge on any atom is -0.300 e. The Balaban J connectivity index is 1.78. The largest absolute Gasteiger partial charge is 0.300 e. The third kappa shape index (κ3) is 5.14. The number of carbonyl (C=O) groups is 1. The van der Waals surface area contributed by atoms with Crippen molar-refractivity contribution in [3.05, 3.63) is 34.6 Å².